The van der Waals surface area contributed by atoms with Gasteiger partial charge < -0.3 is 19.9 Å². The molecule has 0 saturated heterocycles. The molecule has 7 nitrogen and oxygen atoms in total. The number of esters is 1. The number of nitrogens with zero attached hydrogens (tertiary/aromatic N) is 2. The van der Waals surface area contributed by atoms with Crippen molar-refractivity contribution in [2.45, 2.75) is 40.2 Å². The molecular weight excluding hydrogens is 358 g/mol. The second-order valence-corrected chi connectivity index (χ2v) is 8.26. The summed E-state index contributed by atoms with van der Waals surface area (Å²) in [5.74, 6) is -1.12. The number of hydrogen-bond acceptors (Lipinski definition) is 5. The minimum absolute atomic E-state index is 0.149. The van der Waals surface area contributed by atoms with Gasteiger partial charge in [0.2, 0.25) is 5.91 Å². The maximum absolute atomic E-state index is 12.6. The monoisotopic (exact) mass is 391 g/mol. The van der Waals surface area contributed by atoms with E-state index in [1.807, 2.05) is 38.9 Å². The molecule has 0 aliphatic heterocycles. The van der Waals surface area contributed by atoms with Gasteiger partial charge in [-0.1, -0.05) is 17.2 Å². The summed E-state index contributed by atoms with van der Waals surface area (Å²) in [5, 5.41) is 2.65. The number of nitrogens with one attached hydrogen (secondary N) is 1. The zero-order valence-electron chi connectivity index (χ0n) is 18.1. The summed E-state index contributed by atoms with van der Waals surface area (Å²) in [6, 6.07) is 5.53. The van der Waals surface area contributed by atoms with Crippen LogP contribution in [0.5, 0.6) is 0 Å². The highest BCUT2D eigenvalue weighted by molar-refractivity contribution is 5.97. The number of aryl methyl sites for hydroxylation is 2. The third-order valence-corrected chi connectivity index (χ3v) is 3.79. The van der Waals surface area contributed by atoms with Gasteiger partial charge in [0.05, 0.1) is 6.54 Å². The Balaban J connectivity index is 2.73. The predicted octanol–water partition coefficient (Wildman–Crippen LogP) is 1.77. The highest BCUT2D eigenvalue weighted by Crippen LogP contribution is 2.09. The molecule has 1 rings (SSSR count). The lowest BCUT2D eigenvalue weighted by Crippen LogP contribution is -2.46. The number of carbonyl (C=O) groups is 3. The number of ether oxygens (including phenoxy) is 1. The van der Waals surface area contributed by atoms with Crippen molar-refractivity contribution in [1.82, 2.24) is 15.1 Å². The Morgan fingerprint density at radius 3 is 2.07 bits per heavy atom. The fraction of sp³-hybridized carbons (Fsp3) is 0.571. The lowest BCUT2D eigenvalue weighted by molar-refractivity contribution is -0.158. The first-order valence-electron chi connectivity index (χ1n) is 9.38. The Morgan fingerprint density at radius 2 is 1.57 bits per heavy atom. The van der Waals surface area contributed by atoms with Crippen molar-refractivity contribution in [2.75, 3.05) is 40.3 Å². The van der Waals surface area contributed by atoms with Gasteiger partial charge in [-0.2, -0.15) is 0 Å². The summed E-state index contributed by atoms with van der Waals surface area (Å²) in [5.41, 5.74) is 1.85. The van der Waals surface area contributed by atoms with E-state index in [1.165, 1.54) is 4.90 Å². The number of likely N-dealkylation sites (N-methyl/N-ethyl adjacent to an activating group) is 1. The second kappa shape index (κ2) is 10.2. The van der Waals surface area contributed by atoms with Gasteiger partial charge in [-0.25, -0.2) is 0 Å². The molecule has 1 aromatic rings. The maximum atomic E-state index is 12.6. The van der Waals surface area contributed by atoms with Crippen LogP contribution in [0, 0.1) is 13.8 Å². The van der Waals surface area contributed by atoms with Gasteiger partial charge in [0.15, 0.2) is 0 Å². The fourth-order valence-corrected chi connectivity index (χ4v) is 2.62. The van der Waals surface area contributed by atoms with E-state index in [2.05, 4.69) is 5.32 Å². The normalized spacial score (nSPS) is 11.3. The Kier molecular flexibility index (Phi) is 8.63. The highest BCUT2D eigenvalue weighted by Gasteiger charge is 2.22. The molecule has 156 valence electrons. The van der Waals surface area contributed by atoms with E-state index in [0.717, 1.165) is 11.1 Å². The largest absolute Gasteiger partial charge is 0.459 e. The van der Waals surface area contributed by atoms with E-state index >= 15 is 0 Å². The zero-order valence-corrected chi connectivity index (χ0v) is 18.1. The van der Waals surface area contributed by atoms with Crippen LogP contribution in [0.15, 0.2) is 18.2 Å². The van der Waals surface area contributed by atoms with E-state index in [0.29, 0.717) is 18.7 Å². The summed E-state index contributed by atoms with van der Waals surface area (Å²) < 4.78 is 5.31. The van der Waals surface area contributed by atoms with Crippen LogP contribution < -0.4 is 5.32 Å². The Labute approximate surface area is 168 Å². The molecule has 0 atom stereocenters. The van der Waals surface area contributed by atoms with Crippen molar-refractivity contribution in [3.05, 3.63) is 34.9 Å². The average Bonchev–Trinajstić information content (AvgIpc) is 2.53. The summed E-state index contributed by atoms with van der Waals surface area (Å²) in [6.07, 6.45) is 0. The van der Waals surface area contributed by atoms with Crippen LogP contribution in [-0.2, 0) is 14.3 Å². The average molecular weight is 392 g/mol. The molecule has 0 saturated carbocycles. The summed E-state index contributed by atoms with van der Waals surface area (Å²) in [6.45, 7) is 9.80. The lowest BCUT2D eigenvalue weighted by atomic mass is 10.1. The minimum Gasteiger partial charge on any atom is -0.459 e. The molecule has 0 spiro atoms. The minimum atomic E-state index is -0.620. The molecule has 1 N–H and O–H groups in total. The van der Waals surface area contributed by atoms with E-state index in [-0.39, 0.29) is 24.9 Å². The fourth-order valence-electron chi connectivity index (χ4n) is 2.62. The SMILES string of the molecule is Cc1cc(C)cc(C(=O)NCC(=O)N(CCN(C)C)CC(=O)OC(C)(C)C)c1. The topological polar surface area (TPSA) is 79.0 Å². The third-order valence-electron chi connectivity index (χ3n) is 3.79. The maximum Gasteiger partial charge on any atom is 0.326 e. The van der Waals surface area contributed by atoms with Crippen LogP contribution in [-0.4, -0.2) is 73.5 Å². The predicted molar refractivity (Wildman–Crippen MR) is 109 cm³/mol. The molecule has 0 aliphatic rings. The Hall–Kier alpha value is -2.41. The van der Waals surface area contributed by atoms with E-state index in [9.17, 15) is 14.4 Å². The molecule has 2 amide bonds. The van der Waals surface area contributed by atoms with Crippen LogP contribution in [0.4, 0.5) is 0 Å². The molecule has 0 radical (unpaired) electrons. The molecule has 0 bridgehead atoms. The van der Waals surface area contributed by atoms with Gasteiger partial charge in [-0.05, 0) is 60.8 Å². The summed E-state index contributed by atoms with van der Waals surface area (Å²) in [7, 11) is 3.77. The van der Waals surface area contributed by atoms with Crippen LogP contribution in [0.1, 0.15) is 42.3 Å². The van der Waals surface area contributed by atoms with Crippen LogP contribution in [0.3, 0.4) is 0 Å². The van der Waals surface area contributed by atoms with E-state index in [4.69, 9.17) is 4.74 Å². The number of carbonyl (C=O) groups excluding carboxylic acids is 3. The van der Waals surface area contributed by atoms with Gasteiger partial charge in [0.1, 0.15) is 12.1 Å². The molecule has 0 heterocycles. The quantitative estimate of drug-likeness (QED) is 0.683. The molecule has 0 fully saturated rings. The highest BCUT2D eigenvalue weighted by atomic mass is 16.6. The molecule has 1 aromatic carbocycles. The van der Waals surface area contributed by atoms with Crippen LogP contribution >= 0.6 is 0 Å². The van der Waals surface area contributed by atoms with Gasteiger partial charge in [-0.15, -0.1) is 0 Å². The third kappa shape index (κ3) is 8.99. The van der Waals surface area contributed by atoms with Crippen LogP contribution in [0.25, 0.3) is 0 Å². The van der Waals surface area contributed by atoms with Gasteiger partial charge >= 0.3 is 5.97 Å². The van der Waals surface area contributed by atoms with Crippen molar-refractivity contribution >= 4 is 17.8 Å². The standard InChI is InChI=1S/C21H33N3O4/c1-15-10-16(2)12-17(11-15)20(27)22-13-18(25)24(9-8-23(6)7)14-19(26)28-21(3,4)5/h10-12H,8-9,13-14H2,1-7H3,(H,22,27). The Bertz CT molecular complexity index is 688. The zero-order chi connectivity index (χ0) is 21.5. The first-order chi connectivity index (χ1) is 12.9. The van der Waals surface area contributed by atoms with Crippen molar-refractivity contribution in [2.24, 2.45) is 0 Å². The van der Waals surface area contributed by atoms with Crippen LogP contribution in [0.2, 0.25) is 0 Å². The van der Waals surface area contributed by atoms with Gasteiger partial charge in [0.25, 0.3) is 5.91 Å². The number of rotatable bonds is 8. The first-order valence-corrected chi connectivity index (χ1v) is 9.38. The van der Waals surface area contributed by atoms with Crippen molar-refractivity contribution < 1.29 is 19.1 Å². The lowest BCUT2D eigenvalue weighted by Gasteiger charge is -2.26. The molecule has 7 heteroatoms. The molecule has 0 aliphatic carbocycles. The van der Waals surface area contributed by atoms with Crippen molar-refractivity contribution in [3.8, 4) is 0 Å². The van der Waals surface area contributed by atoms with Gasteiger partial charge in [0, 0.05) is 18.7 Å². The molecule has 0 unspecified atom stereocenters. The van der Waals surface area contributed by atoms with Crippen molar-refractivity contribution in [3.63, 3.8) is 0 Å². The number of amides is 2. The summed E-state index contributed by atoms with van der Waals surface area (Å²) >= 11 is 0. The first kappa shape index (κ1) is 23.6. The van der Waals surface area contributed by atoms with Gasteiger partial charge in [-0.3, -0.25) is 14.4 Å². The molecule has 0 aromatic heterocycles. The smallest absolute Gasteiger partial charge is 0.326 e. The van der Waals surface area contributed by atoms with Crippen molar-refractivity contribution in [1.29, 1.82) is 0 Å². The molecular formula is C21H33N3O4. The van der Waals surface area contributed by atoms with E-state index < -0.39 is 11.6 Å². The summed E-state index contributed by atoms with van der Waals surface area (Å²) in [4.78, 5) is 40.5. The number of benzene rings is 1. The Morgan fingerprint density at radius 1 is 1.00 bits per heavy atom. The van der Waals surface area contributed by atoms with E-state index in [1.54, 1.807) is 32.9 Å². The number of hydrogen-bond donors (Lipinski definition) is 1. The second-order valence-electron chi connectivity index (χ2n) is 8.26. The molecule has 28 heavy (non-hydrogen) atoms.